The summed E-state index contributed by atoms with van der Waals surface area (Å²) in [5, 5.41) is 10.2. The Bertz CT molecular complexity index is 897. The molecule has 4 rings (SSSR count). The van der Waals surface area contributed by atoms with E-state index in [4.69, 9.17) is 11.6 Å². The van der Waals surface area contributed by atoms with Crippen molar-refractivity contribution in [3.63, 3.8) is 0 Å². The van der Waals surface area contributed by atoms with Gasteiger partial charge in [-0.25, -0.2) is 4.90 Å². The Labute approximate surface area is 156 Å². The van der Waals surface area contributed by atoms with Gasteiger partial charge in [-0.2, -0.15) is 5.11 Å². The van der Waals surface area contributed by atoms with Crippen LogP contribution in [0.2, 0.25) is 5.02 Å². The summed E-state index contributed by atoms with van der Waals surface area (Å²) in [6.45, 7) is 2.53. The maximum absolute atomic E-state index is 12.9. The van der Waals surface area contributed by atoms with Gasteiger partial charge in [-0.3, -0.25) is 14.6 Å². The van der Waals surface area contributed by atoms with Crippen LogP contribution in [0, 0.1) is 0 Å². The Morgan fingerprint density at radius 2 is 1.77 bits per heavy atom. The van der Waals surface area contributed by atoms with Crippen molar-refractivity contribution >= 4 is 29.1 Å². The number of hydrogen-bond donors (Lipinski definition) is 0. The van der Waals surface area contributed by atoms with Crippen LogP contribution in [-0.2, 0) is 22.6 Å². The van der Waals surface area contributed by atoms with Crippen LogP contribution >= 0.6 is 11.6 Å². The molecule has 2 aliphatic heterocycles. The van der Waals surface area contributed by atoms with E-state index in [0.717, 1.165) is 16.9 Å². The first-order valence-electron chi connectivity index (χ1n) is 8.47. The van der Waals surface area contributed by atoms with Crippen LogP contribution in [0.3, 0.4) is 0 Å². The molecule has 0 bridgehead atoms. The van der Waals surface area contributed by atoms with Crippen LogP contribution in [0.15, 0.2) is 58.9 Å². The lowest BCUT2D eigenvalue weighted by Crippen LogP contribution is -2.39. The average molecular weight is 369 g/mol. The maximum Gasteiger partial charge on any atom is 0.263 e. The van der Waals surface area contributed by atoms with Gasteiger partial charge in [0.15, 0.2) is 12.1 Å². The van der Waals surface area contributed by atoms with Gasteiger partial charge in [-0.15, -0.1) is 0 Å². The molecular weight excluding hydrogens is 352 g/mol. The Balaban J connectivity index is 1.57. The quantitative estimate of drug-likeness (QED) is 0.777. The fourth-order valence-electron chi connectivity index (χ4n) is 3.29. The number of fused-ring (bicyclic) bond motifs is 1. The normalized spacial score (nSPS) is 21.6. The van der Waals surface area contributed by atoms with Crippen LogP contribution in [0.5, 0.6) is 0 Å². The van der Waals surface area contributed by atoms with Gasteiger partial charge >= 0.3 is 0 Å². The van der Waals surface area contributed by atoms with Crippen molar-refractivity contribution in [3.8, 4) is 0 Å². The summed E-state index contributed by atoms with van der Waals surface area (Å²) in [5.74, 6) is -0.688. The summed E-state index contributed by atoms with van der Waals surface area (Å²) in [5.41, 5.74) is 2.72. The predicted molar refractivity (Wildman–Crippen MR) is 97.7 cm³/mol. The minimum absolute atomic E-state index is 0.322. The first-order chi connectivity index (χ1) is 12.6. The lowest BCUT2D eigenvalue weighted by atomic mass is 10.1. The number of amides is 2. The number of rotatable bonds is 4. The highest BCUT2D eigenvalue weighted by Gasteiger charge is 2.54. The number of anilines is 1. The smallest absolute Gasteiger partial charge is 0.263 e. The zero-order chi connectivity index (χ0) is 18.3. The molecule has 2 heterocycles. The number of imide groups is 1. The second-order valence-corrected chi connectivity index (χ2v) is 6.79. The molecule has 0 unspecified atom stereocenters. The predicted octanol–water partition coefficient (Wildman–Crippen LogP) is 3.40. The summed E-state index contributed by atoms with van der Waals surface area (Å²) in [6.07, 6.45) is 0.968. The molecule has 132 valence electrons. The second-order valence-electron chi connectivity index (χ2n) is 6.35. The lowest BCUT2D eigenvalue weighted by molar-refractivity contribution is -0.123. The first kappa shape index (κ1) is 16.7. The highest BCUT2D eigenvalue weighted by atomic mass is 35.5. The number of carbonyl (C=O) groups is 2. The number of nitrogens with zero attached hydrogens (tertiary/aromatic N) is 4. The zero-order valence-corrected chi connectivity index (χ0v) is 14.9. The van der Waals surface area contributed by atoms with E-state index in [1.165, 1.54) is 5.56 Å². The van der Waals surface area contributed by atoms with E-state index < -0.39 is 12.1 Å². The van der Waals surface area contributed by atoms with E-state index >= 15 is 0 Å². The molecule has 6 nitrogen and oxygen atoms in total. The molecule has 2 aromatic rings. The van der Waals surface area contributed by atoms with E-state index in [-0.39, 0.29) is 11.8 Å². The third kappa shape index (κ3) is 2.76. The van der Waals surface area contributed by atoms with E-state index in [9.17, 15) is 9.59 Å². The fourth-order valence-corrected chi connectivity index (χ4v) is 3.48. The Kier molecular flexibility index (Phi) is 4.20. The van der Waals surface area contributed by atoms with Crippen LogP contribution in [0.4, 0.5) is 5.69 Å². The molecular formula is C19H17ClN4O2. The summed E-state index contributed by atoms with van der Waals surface area (Å²) in [7, 11) is 0. The van der Waals surface area contributed by atoms with Gasteiger partial charge in [0.1, 0.15) is 0 Å². The van der Waals surface area contributed by atoms with Gasteiger partial charge in [0.2, 0.25) is 0 Å². The van der Waals surface area contributed by atoms with Gasteiger partial charge in [0.25, 0.3) is 11.8 Å². The van der Waals surface area contributed by atoms with Crippen molar-refractivity contribution in [2.24, 2.45) is 10.3 Å². The van der Waals surface area contributed by atoms with Gasteiger partial charge in [-0.05, 0) is 35.7 Å². The molecule has 0 radical (unpaired) electrons. The molecule has 1 saturated heterocycles. The maximum atomic E-state index is 12.9. The molecule has 0 N–H and O–H groups in total. The average Bonchev–Trinajstić information content (AvgIpc) is 3.16. The molecule has 7 heteroatoms. The third-order valence-corrected chi connectivity index (χ3v) is 4.94. The minimum atomic E-state index is -0.795. The van der Waals surface area contributed by atoms with E-state index in [0.29, 0.717) is 17.3 Å². The van der Waals surface area contributed by atoms with E-state index in [1.54, 1.807) is 29.3 Å². The van der Waals surface area contributed by atoms with E-state index in [2.05, 4.69) is 29.4 Å². The molecule has 0 aliphatic carbocycles. The van der Waals surface area contributed by atoms with Crippen molar-refractivity contribution < 1.29 is 9.59 Å². The minimum Gasteiger partial charge on any atom is -0.271 e. The summed E-state index contributed by atoms with van der Waals surface area (Å²) in [4.78, 5) is 26.7. The molecule has 26 heavy (non-hydrogen) atoms. The lowest BCUT2D eigenvalue weighted by Gasteiger charge is -2.20. The monoisotopic (exact) mass is 368 g/mol. The molecule has 2 amide bonds. The Morgan fingerprint density at radius 3 is 2.46 bits per heavy atom. The van der Waals surface area contributed by atoms with Crippen molar-refractivity contribution in [2.75, 3.05) is 4.90 Å². The number of hydrogen-bond acceptors (Lipinski definition) is 5. The number of benzene rings is 2. The van der Waals surface area contributed by atoms with Gasteiger partial charge in [-0.1, -0.05) is 54.1 Å². The van der Waals surface area contributed by atoms with Crippen LogP contribution < -0.4 is 4.90 Å². The van der Waals surface area contributed by atoms with Gasteiger partial charge in [0.05, 0.1) is 12.2 Å². The number of halogens is 1. The highest BCUT2D eigenvalue weighted by Crippen LogP contribution is 2.33. The third-order valence-electron chi connectivity index (χ3n) is 4.70. The molecule has 2 atom stereocenters. The van der Waals surface area contributed by atoms with Crippen LogP contribution in [0.25, 0.3) is 0 Å². The topological polar surface area (TPSA) is 65.3 Å². The second kappa shape index (κ2) is 6.53. The molecule has 0 aromatic heterocycles. The largest absolute Gasteiger partial charge is 0.271 e. The van der Waals surface area contributed by atoms with Gasteiger partial charge < -0.3 is 0 Å². The molecule has 0 spiro atoms. The van der Waals surface area contributed by atoms with Crippen LogP contribution in [-0.4, -0.2) is 28.9 Å². The zero-order valence-electron chi connectivity index (χ0n) is 14.2. The Morgan fingerprint density at radius 1 is 1.04 bits per heavy atom. The van der Waals surface area contributed by atoms with E-state index in [1.807, 2.05) is 12.1 Å². The summed E-state index contributed by atoms with van der Waals surface area (Å²) >= 11 is 6.00. The van der Waals surface area contributed by atoms with Crippen molar-refractivity contribution in [1.29, 1.82) is 0 Å². The summed E-state index contributed by atoms with van der Waals surface area (Å²) < 4.78 is 0. The molecule has 2 aromatic carbocycles. The van der Waals surface area contributed by atoms with Crippen molar-refractivity contribution in [3.05, 3.63) is 64.7 Å². The fraction of sp³-hybridized carbons (Fsp3) is 0.263. The first-order valence-corrected chi connectivity index (χ1v) is 8.85. The van der Waals surface area contributed by atoms with Crippen LogP contribution in [0.1, 0.15) is 18.1 Å². The number of aryl methyl sites for hydroxylation is 1. The van der Waals surface area contributed by atoms with Gasteiger partial charge in [0, 0.05) is 5.02 Å². The van der Waals surface area contributed by atoms with Crippen molar-refractivity contribution in [1.82, 2.24) is 5.01 Å². The van der Waals surface area contributed by atoms with Crippen molar-refractivity contribution in [2.45, 2.75) is 32.0 Å². The molecule has 0 saturated carbocycles. The highest BCUT2D eigenvalue weighted by molar-refractivity contribution is 6.31. The number of carbonyl (C=O) groups excluding carboxylic acids is 2. The SMILES string of the molecule is CCc1ccc(CN2N=N[C@H]3C(=O)N(c4cccc(Cl)c4)C(=O)[C@@H]32)cc1. The Hall–Kier alpha value is -2.73. The standard InChI is InChI=1S/C19H17ClN4O2/c1-2-12-6-8-13(9-7-12)11-23-17-16(21-22-23)18(25)24(19(17)26)15-5-3-4-14(20)10-15/h3-10,16-17H,2,11H2,1H3/t16-,17-/m1/s1. The summed E-state index contributed by atoms with van der Waals surface area (Å²) in [6, 6.07) is 13.3. The molecule has 1 fully saturated rings. The molecule has 2 aliphatic rings.